The molecule has 0 spiro atoms. The largest absolute Gasteiger partial charge is 0.465 e. The summed E-state index contributed by atoms with van der Waals surface area (Å²) in [5, 5.41) is 0. The Balaban J connectivity index is 0.00000242. The van der Waals surface area contributed by atoms with Gasteiger partial charge in [-0.25, -0.2) is 13.2 Å². The first-order chi connectivity index (χ1) is 9.90. The number of hydrogen-bond donors (Lipinski definition) is 1. The van der Waals surface area contributed by atoms with E-state index in [1.165, 1.54) is 29.6 Å². The molecule has 1 aromatic carbocycles. The summed E-state index contributed by atoms with van der Waals surface area (Å²) in [5.41, 5.74) is 5.86. The summed E-state index contributed by atoms with van der Waals surface area (Å²) in [6.07, 6.45) is 0.756. The first kappa shape index (κ1) is 18.9. The third-order valence-corrected chi connectivity index (χ3v) is 5.78. The van der Waals surface area contributed by atoms with E-state index < -0.39 is 16.0 Å². The van der Waals surface area contributed by atoms with Crippen LogP contribution < -0.4 is 5.73 Å². The van der Waals surface area contributed by atoms with Crippen LogP contribution in [0.5, 0.6) is 0 Å². The van der Waals surface area contributed by atoms with Crippen molar-refractivity contribution in [1.29, 1.82) is 0 Å². The summed E-state index contributed by atoms with van der Waals surface area (Å²) in [6, 6.07) is 5.82. The Morgan fingerprint density at radius 2 is 2.14 bits per heavy atom. The molecular weight excluding hydrogens is 328 g/mol. The van der Waals surface area contributed by atoms with Gasteiger partial charge in [-0.15, -0.1) is 12.4 Å². The van der Waals surface area contributed by atoms with Gasteiger partial charge >= 0.3 is 5.97 Å². The minimum absolute atomic E-state index is 0. The van der Waals surface area contributed by atoms with Crippen LogP contribution in [0.15, 0.2) is 29.2 Å². The molecule has 22 heavy (non-hydrogen) atoms. The Bertz CT molecular complexity index is 635. The lowest BCUT2D eigenvalue weighted by Crippen LogP contribution is -2.34. The number of carbonyl (C=O) groups excluding carboxylic acids is 1. The average Bonchev–Trinajstić information content (AvgIpc) is 2.88. The monoisotopic (exact) mass is 348 g/mol. The fourth-order valence-electron chi connectivity index (χ4n) is 2.65. The summed E-state index contributed by atoms with van der Waals surface area (Å²) in [4.78, 5) is 11.6. The van der Waals surface area contributed by atoms with Crippen LogP contribution >= 0.6 is 12.4 Å². The van der Waals surface area contributed by atoms with E-state index in [1.807, 2.05) is 6.92 Å². The van der Waals surface area contributed by atoms with Gasteiger partial charge in [-0.3, -0.25) is 0 Å². The fraction of sp³-hybridized carbons (Fsp3) is 0.500. The zero-order valence-corrected chi connectivity index (χ0v) is 14.2. The molecule has 2 atom stereocenters. The van der Waals surface area contributed by atoms with Gasteiger partial charge in [0.05, 0.1) is 17.6 Å². The highest BCUT2D eigenvalue weighted by atomic mass is 35.5. The first-order valence-corrected chi connectivity index (χ1v) is 8.24. The van der Waals surface area contributed by atoms with Gasteiger partial charge in [0, 0.05) is 12.6 Å². The smallest absolute Gasteiger partial charge is 0.337 e. The quantitative estimate of drug-likeness (QED) is 0.827. The maximum absolute atomic E-state index is 12.7. The highest BCUT2D eigenvalue weighted by Gasteiger charge is 2.37. The first-order valence-electron chi connectivity index (χ1n) is 6.80. The Kier molecular flexibility index (Phi) is 6.37. The van der Waals surface area contributed by atoms with Crippen molar-refractivity contribution >= 4 is 28.4 Å². The summed E-state index contributed by atoms with van der Waals surface area (Å²) < 4.78 is 31.5. The molecule has 0 bridgehead atoms. The zero-order valence-electron chi connectivity index (χ0n) is 12.6. The summed E-state index contributed by atoms with van der Waals surface area (Å²) in [6.45, 7) is 2.76. The van der Waals surface area contributed by atoms with E-state index >= 15 is 0 Å². The summed E-state index contributed by atoms with van der Waals surface area (Å²) in [7, 11) is -2.36. The van der Waals surface area contributed by atoms with E-state index in [0.29, 0.717) is 13.1 Å². The second-order valence-corrected chi connectivity index (χ2v) is 7.17. The molecule has 0 aliphatic carbocycles. The molecule has 1 aromatic rings. The van der Waals surface area contributed by atoms with Crippen LogP contribution in [0.3, 0.4) is 0 Å². The number of ether oxygens (including phenoxy) is 1. The second-order valence-electron chi connectivity index (χ2n) is 5.28. The average molecular weight is 349 g/mol. The predicted octanol–water partition coefficient (Wildman–Crippen LogP) is 1.25. The molecular formula is C14H21ClN2O4S. The van der Waals surface area contributed by atoms with Crippen molar-refractivity contribution in [2.24, 2.45) is 11.7 Å². The number of benzene rings is 1. The molecule has 1 aliphatic rings. The molecule has 0 aromatic heterocycles. The van der Waals surface area contributed by atoms with Crippen LogP contribution in [0, 0.1) is 5.92 Å². The lowest BCUT2D eigenvalue weighted by atomic mass is 10.1. The topological polar surface area (TPSA) is 89.7 Å². The number of hydrogen-bond acceptors (Lipinski definition) is 5. The third-order valence-electron chi connectivity index (χ3n) is 3.80. The zero-order chi connectivity index (χ0) is 15.6. The molecule has 1 aliphatic heterocycles. The molecule has 124 valence electrons. The molecule has 2 rings (SSSR count). The number of carbonyl (C=O) groups is 1. The van der Waals surface area contributed by atoms with E-state index in [2.05, 4.69) is 4.74 Å². The van der Waals surface area contributed by atoms with E-state index in [-0.39, 0.29) is 34.8 Å². The van der Waals surface area contributed by atoms with Gasteiger partial charge in [0.1, 0.15) is 0 Å². The molecule has 1 fully saturated rings. The van der Waals surface area contributed by atoms with Gasteiger partial charge in [0.2, 0.25) is 10.0 Å². The minimum atomic E-state index is -3.63. The van der Waals surface area contributed by atoms with Crippen LogP contribution in [0.4, 0.5) is 0 Å². The van der Waals surface area contributed by atoms with Crippen molar-refractivity contribution in [3.8, 4) is 0 Å². The van der Waals surface area contributed by atoms with Crippen LogP contribution in [0.1, 0.15) is 23.7 Å². The lowest BCUT2D eigenvalue weighted by molar-refractivity contribution is 0.0600. The summed E-state index contributed by atoms with van der Waals surface area (Å²) in [5.74, 6) is -0.375. The van der Waals surface area contributed by atoms with Gasteiger partial charge < -0.3 is 10.5 Å². The molecule has 0 radical (unpaired) electrons. The Labute approximate surface area is 137 Å². The lowest BCUT2D eigenvalue weighted by Gasteiger charge is -2.21. The third kappa shape index (κ3) is 3.60. The van der Waals surface area contributed by atoms with Crippen molar-refractivity contribution in [3.05, 3.63) is 29.8 Å². The standard InChI is InChI=1S/C14H20N2O4S.ClH/c1-10-6-11(8-15)9-16(10)21(18,19)13-5-3-4-12(7-13)14(17)20-2;/h3-5,7,10-11H,6,8-9,15H2,1-2H3;1H. The van der Waals surface area contributed by atoms with Crippen molar-refractivity contribution in [3.63, 3.8) is 0 Å². The second kappa shape index (κ2) is 7.41. The van der Waals surface area contributed by atoms with Crippen LogP contribution in [-0.4, -0.2) is 44.9 Å². The Hall–Kier alpha value is -1.15. The van der Waals surface area contributed by atoms with Crippen LogP contribution in [0.2, 0.25) is 0 Å². The molecule has 2 unspecified atom stereocenters. The molecule has 1 saturated heterocycles. The van der Waals surface area contributed by atoms with Crippen LogP contribution in [0.25, 0.3) is 0 Å². The van der Waals surface area contributed by atoms with Crippen molar-refractivity contribution < 1.29 is 17.9 Å². The maximum Gasteiger partial charge on any atom is 0.337 e. The van der Waals surface area contributed by atoms with E-state index in [1.54, 1.807) is 6.07 Å². The molecule has 2 N–H and O–H groups in total. The summed E-state index contributed by atoms with van der Waals surface area (Å²) >= 11 is 0. The highest BCUT2D eigenvalue weighted by Crippen LogP contribution is 2.29. The number of halogens is 1. The molecule has 1 heterocycles. The Morgan fingerprint density at radius 3 is 2.68 bits per heavy atom. The minimum Gasteiger partial charge on any atom is -0.465 e. The van der Waals surface area contributed by atoms with E-state index in [0.717, 1.165) is 6.42 Å². The Morgan fingerprint density at radius 1 is 1.45 bits per heavy atom. The van der Waals surface area contributed by atoms with Crippen molar-refractivity contribution in [2.45, 2.75) is 24.3 Å². The highest BCUT2D eigenvalue weighted by molar-refractivity contribution is 7.89. The normalized spacial score (nSPS) is 22.1. The van der Waals surface area contributed by atoms with Gasteiger partial charge in [-0.1, -0.05) is 6.07 Å². The molecule has 8 heteroatoms. The number of sulfonamides is 1. The maximum atomic E-state index is 12.7. The molecule has 0 saturated carbocycles. The SMILES string of the molecule is COC(=O)c1cccc(S(=O)(=O)N2CC(CN)CC2C)c1.Cl. The predicted molar refractivity (Wildman–Crippen MR) is 85.5 cm³/mol. The fourth-order valence-corrected chi connectivity index (χ4v) is 4.42. The number of nitrogens with two attached hydrogens (primary N) is 1. The number of methoxy groups -OCH3 is 1. The van der Waals surface area contributed by atoms with Gasteiger partial charge in [-0.05, 0) is 44.0 Å². The number of rotatable bonds is 4. The van der Waals surface area contributed by atoms with Crippen LogP contribution in [-0.2, 0) is 14.8 Å². The van der Waals surface area contributed by atoms with Crippen molar-refractivity contribution in [2.75, 3.05) is 20.2 Å². The number of nitrogens with zero attached hydrogens (tertiary/aromatic N) is 1. The number of esters is 1. The van der Waals surface area contributed by atoms with E-state index in [9.17, 15) is 13.2 Å². The van der Waals surface area contributed by atoms with Crippen molar-refractivity contribution in [1.82, 2.24) is 4.31 Å². The van der Waals surface area contributed by atoms with Gasteiger partial charge in [0.25, 0.3) is 0 Å². The van der Waals surface area contributed by atoms with Gasteiger partial charge in [0.15, 0.2) is 0 Å². The molecule has 0 amide bonds. The van der Waals surface area contributed by atoms with E-state index in [4.69, 9.17) is 5.73 Å². The molecule has 6 nitrogen and oxygen atoms in total. The van der Waals surface area contributed by atoms with Gasteiger partial charge in [-0.2, -0.15) is 4.31 Å².